The van der Waals surface area contributed by atoms with Crippen molar-refractivity contribution in [1.29, 1.82) is 0 Å². The molecule has 7 atom stereocenters. The second-order valence-electron chi connectivity index (χ2n) is 15.7. The lowest BCUT2D eigenvalue weighted by molar-refractivity contribution is -0.158. The van der Waals surface area contributed by atoms with Crippen molar-refractivity contribution < 1.29 is 38.3 Å². The molecule has 0 unspecified atom stereocenters. The summed E-state index contributed by atoms with van der Waals surface area (Å²) in [6.07, 6.45) is 3.96. The number of fused-ring (bicyclic) bond motifs is 3. The van der Waals surface area contributed by atoms with E-state index < -0.39 is 72.5 Å². The normalized spacial score (nSPS) is 26.8. The largest absolute Gasteiger partial charge is 0.461 e. The van der Waals surface area contributed by atoms with Gasteiger partial charge in [-0.25, -0.2) is 4.79 Å². The highest BCUT2D eigenvalue weighted by Gasteiger charge is 2.46. The first kappa shape index (κ1) is 40.4. The molecule has 4 fully saturated rings. The maximum absolute atomic E-state index is 14.5. The van der Waals surface area contributed by atoms with Crippen molar-refractivity contribution in [3.8, 4) is 0 Å². The van der Waals surface area contributed by atoms with Crippen LogP contribution in [-0.4, -0.2) is 119 Å². The number of carbonyl (C=O) groups is 7. The van der Waals surface area contributed by atoms with Crippen molar-refractivity contribution in [3.05, 3.63) is 71.3 Å². The number of carbonyl (C=O) groups excluding carboxylic acids is 7. The Hall–Kier alpha value is -5.27. The van der Waals surface area contributed by atoms with Crippen molar-refractivity contribution >= 4 is 41.4 Å². The van der Waals surface area contributed by atoms with Crippen LogP contribution in [0.3, 0.4) is 0 Å². The number of esters is 1. The molecule has 2 aromatic carbocycles. The first-order valence-corrected chi connectivity index (χ1v) is 20.0. The topological polar surface area (TPSA) is 175 Å². The maximum Gasteiger partial charge on any atom is 0.328 e. The minimum atomic E-state index is -1.41. The van der Waals surface area contributed by atoms with Crippen LogP contribution in [0.1, 0.15) is 76.0 Å². The van der Waals surface area contributed by atoms with E-state index in [0.29, 0.717) is 38.6 Å². The maximum atomic E-state index is 14.5. The van der Waals surface area contributed by atoms with Gasteiger partial charge in [-0.3, -0.25) is 28.8 Å². The summed E-state index contributed by atoms with van der Waals surface area (Å²) in [7, 11) is 0. The van der Waals surface area contributed by atoms with E-state index in [0.717, 1.165) is 29.5 Å². The fourth-order valence-corrected chi connectivity index (χ4v) is 8.44. The van der Waals surface area contributed by atoms with E-state index in [2.05, 4.69) is 16.0 Å². The molecule has 4 heterocycles. The highest BCUT2D eigenvalue weighted by Crippen LogP contribution is 2.28. The second-order valence-corrected chi connectivity index (χ2v) is 15.7. The summed E-state index contributed by atoms with van der Waals surface area (Å²) in [4.78, 5) is 102. The third-order valence-electron chi connectivity index (χ3n) is 11.4. The molecular formula is C42H54N6O8. The van der Waals surface area contributed by atoms with Crippen molar-refractivity contribution in [2.45, 2.75) is 115 Å². The summed E-state index contributed by atoms with van der Waals surface area (Å²) in [5, 5.41) is 8.45. The summed E-state index contributed by atoms with van der Waals surface area (Å²) in [6, 6.07) is 10.7. The SMILES string of the molecule is CCc1cccc(CC(=O)N[C@@H](Cc2ccccc2)C(=O)N[C@H]2COC(=O)[C@@H]3C[C@H](C)CN3C(=O)[C@H](C)NC(=O)[C@@H]3CCCCN3C(=O)[C@@H]3CCCN3C2=O)c1. The van der Waals surface area contributed by atoms with Crippen LogP contribution in [0.15, 0.2) is 54.6 Å². The van der Waals surface area contributed by atoms with Gasteiger partial charge in [0.05, 0.1) is 6.42 Å². The fourth-order valence-electron chi connectivity index (χ4n) is 8.44. The van der Waals surface area contributed by atoms with E-state index in [1.807, 2.05) is 68.4 Å². The van der Waals surface area contributed by atoms with Gasteiger partial charge in [0.25, 0.3) is 0 Å². The van der Waals surface area contributed by atoms with E-state index >= 15 is 0 Å². The lowest BCUT2D eigenvalue weighted by Crippen LogP contribution is -2.62. The molecule has 0 aromatic heterocycles. The number of cyclic esters (lactones) is 1. The molecule has 0 aliphatic carbocycles. The lowest BCUT2D eigenvalue weighted by Gasteiger charge is -2.39. The van der Waals surface area contributed by atoms with Gasteiger partial charge < -0.3 is 35.4 Å². The molecule has 0 saturated carbocycles. The molecule has 14 heteroatoms. The second kappa shape index (κ2) is 18.1. The van der Waals surface area contributed by atoms with Gasteiger partial charge in [0.15, 0.2) is 0 Å². The van der Waals surface area contributed by atoms with Crippen molar-refractivity contribution in [3.63, 3.8) is 0 Å². The number of nitrogens with zero attached hydrogens (tertiary/aromatic N) is 3. The molecule has 2 aromatic rings. The lowest BCUT2D eigenvalue weighted by atomic mass is 9.99. The van der Waals surface area contributed by atoms with E-state index in [-0.39, 0.29) is 43.7 Å². The number of aryl methyl sites for hydroxylation is 1. The van der Waals surface area contributed by atoms with Crippen LogP contribution >= 0.6 is 0 Å². The molecular weight excluding hydrogens is 716 g/mol. The van der Waals surface area contributed by atoms with E-state index in [1.54, 1.807) is 6.92 Å². The van der Waals surface area contributed by atoms with Gasteiger partial charge in [-0.05, 0) is 74.5 Å². The number of benzene rings is 2. The van der Waals surface area contributed by atoms with Crippen LogP contribution in [0.4, 0.5) is 0 Å². The summed E-state index contributed by atoms with van der Waals surface area (Å²) in [6.45, 7) is 5.77. The number of rotatable bonds is 8. The fraction of sp³-hybridized carbons (Fsp3) is 0.548. The highest BCUT2D eigenvalue weighted by molar-refractivity contribution is 5.98. The molecule has 56 heavy (non-hydrogen) atoms. The molecule has 0 spiro atoms. The van der Waals surface area contributed by atoms with Crippen LogP contribution in [0.2, 0.25) is 0 Å². The van der Waals surface area contributed by atoms with Gasteiger partial charge in [0.2, 0.25) is 35.4 Å². The Morgan fingerprint density at radius 3 is 2.27 bits per heavy atom. The Kier molecular flexibility index (Phi) is 13.1. The first-order valence-electron chi connectivity index (χ1n) is 20.0. The van der Waals surface area contributed by atoms with Crippen LogP contribution < -0.4 is 16.0 Å². The molecule has 300 valence electrons. The van der Waals surface area contributed by atoms with E-state index in [1.165, 1.54) is 14.7 Å². The number of ether oxygens (including phenoxy) is 1. The predicted molar refractivity (Wildman–Crippen MR) is 205 cm³/mol. The van der Waals surface area contributed by atoms with Gasteiger partial charge in [-0.2, -0.15) is 0 Å². The molecule has 6 amide bonds. The molecule has 4 aliphatic rings. The summed E-state index contributed by atoms with van der Waals surface area (Å²) >= 11 is 0. The van der Waals surface area contributed by atoms with Gasteiger partial charge >= 0.3 is 5.97 Å². The first-order chi connectivity index (χ1) is 26.9. The monoisotopic (exact) mass is 770 g/mol. The predicted octanol–water partition coefficient (Wildman–Crippen LogP) is 1.67. The van der Waals surface area contributed by atoms with Crippen molar-refractivity contribution in [2.75, 3.05) is 26.2 Å². The highest BCUT2D eigenvalue weighted by atomic mass is 16.5. The quantitative estimate of drug-likeness (QED) is 0.340. The number of nitrogens with one attached hydrogen (secondary N) is 3. The Bertz CT molecular complexity index is 1800. The third kappa shape index (κ3) is 9.39. The van der Waals surface area contributed by atoms with Crippen LogP contribution in [0.5, 0.6) is 0 Å². The molecule has 4 aliphatic heterocycles. The molecule has 0 bridgehead atoms. The van der Waals surface area contributed by atoms with Crippen molar-refractivity contribution in [1.82, 2.24) is 30.7 Å². The summed E-state index contributed by atoms with van der Waals surface area (Å²) < 4.78 is 5.77. The zero-order valence-electron chi connectivity index (χ0n) is 32.5. The number of hydrogen-bond donors (Lipinski definition) is 3. The molecule has 14 nitrogen and oxygen atoms in total. The minimum absolute atomic E-state index is 0.0348. The van der Waals surface area contributed by atoms with Gasteiger partial charge in [-0.15, -0.1) is 0 Å². The smallest absolute Gasteiger partial charge is 0.328 e. The van der Waals surface area contributed by atoms with E-state index in [4.69, 9.17) is 4.74 Å². The van der Waals surface area contributed by atoms with Crippen molar-refractivity contribution in [2.24, 2.45) is 5.92 Å². The number of piperidine rings is 1. The average molecular weight is 771 g/mol. The third-order valence-corrected chi connectivity index (χ3v) is 11.4. The molecule has 3 N–H and O–H groups in total. The summed E-state index contributed by atoms with van der Waals surface area (Å²) in [5.74, 6) is -3.72. The Balaban J connectivity index is 1.29. The molecule has 6 rings (SSSR count). The standard InChI is InChI=1S/C42H54N6O8/c1-4-28-14-10-15-30(21-28)23-36(49)44-31(22-29-12-6-5-7-13-29)37(50)45-32-25-56-42(55)35-20-26(2)24-48(35)39(52)27(3)43-38(51)33-16-8-9-18-46(33)41(54)34-17-11-19-47(34)40(32)53/h5-7,10,12-15,21,26-27,31-35H,4,8-9,11,16-20,22-25H2,1-3H3,(H,43,51)(H,44,49)(H,45,50)/t26-,27-,31-,32-,33-,34-,35-/m0/s1. The Labute approximate surface area is 328 Å². The van der Waals surface area contributed by atoms with Gasteiger partial charge in [-0.1, -0.05) is 68.4 Å². The van der Waals surface area contributed by atoms with E-state index in [9.17, 15) is 33.6 Å². The Morgan fingerprint density at radius 2 is 1.50 bits per heavy atom. The average Bonchev–Trinajstić information content (AvgIpc) is 3.85. The zero-order valence-corrected chi connectivity index (χ0v) is 32.5. The molecule has 4 saturated heterocycles. The van der Waals surface area contributed by atoms with Crippen LogP contribution in [0, 0.1) is 5.92 Å². The van der Waals surface area contributed by atoms with Crippen LogP contribution in [0.25, 0.3) is 0 Å². The number of amides is 6. The molecule has 0 radical (unpaired) electrons. The Morgan fingerprint density at radius 1 is 0.804 bits per heavy atom. The minimum Gasteiger partial charge on any atom is -0.461 e. The van der Waals surface area contributed by atoms with Crippen LogP contribution in [-0.2, 0) is 57.6 Å². The van der Waals surface area contributed by atoms with Gasteiger partial charge in [0.1, 0.15) is 42.9 Å². The zero-order chi connectivity index (χ0) is 39.9. The summed E-state index contributed by atoms with van der Waals surface area (Å²) in [5.41, 5.74) is 2.65. The van der Waals surface area contributed by atoms with Gasteiger partial charge in [0, 0.05) is 26.1 Å². The number of hydrogen-bond acceptors (Lipinski definition) is 8.